The fraction of sp³-hybridized carbons (Fsp3) is 0.364. The Morgan fingerprint density at radius 3 is 2.32 bits per heavy atom. The highest BCUT2D eigenvalue weighted by Crippen LogP contribution is 2.09. The molecular weight excluding hydrogens is 355 g/mol. The molecule has 0 aliphatic heterocycles. The highest BCUT2D eigenvalue weighted by molar-refractivity contribution is 5.94. The van der Waals surface area contributed by atoms with E-state index in [9.17, 15) is 9.18 Å². The zero-order valence-electron chi connectivity index (χ0n) is 17.1. The van der Waals surface area contributed by atoms with Crippen LogP contribution in [-0.2, 0) is 13.1 Å². The van der Waals surface area contributed by atoms with Gasteiger partial charge in [-0.05, 0) is 49.2 Å². The number of benzene rings is 2. The van der Waals surface area contributed by atoms with Gasteiger partial charge in [-0.3, -0.25) is 9.79 Å². The average Bonchev–Trinajstić information content (AvgIpc) is 2.69. The molecular formula is C22H29FN4O. The summed E-state index contributed by atoms with van der Waals surface area (Å²) in [6, 6.07) is 14.2. The van der Waals surface area contributed by atoms with E-state index in [0.717, 1.165) is 11.1 Å². The molecule has 0 bridgehead atoms. The molecule has 1 amide bonds. The predicted octanol–water partition coefficient (Wildman–Crippen LogP) is 3.52. The lowest BCUT2D eigenvalue weighted by Gasteiger charge is -2.22. The van der Waals surface area contributed by atoms with Crippen LogP contribution in [0.25, 0.3) is 0 Å². The number of halogens is 1. The van der Waals surface area contributed by atoms with Gasteiger partial charge in [-0.15, -0.1) is 0 Å². The molecule has 0 atom stereocenters. The van der Waals surface area contributed by atoms with Crippen LogP contribution in [0.4, 0.5) is 4.39 Å². The van der Waals surface area contributed by atoms with Crippen molar-refractivity contribution in [1.82, 2.24) is 15.1 Å². The van der Waals surface area contributed by atoms with Crippen LogP contribution >= 0.6 is 0 Å². The van der Waals surface area contributed by atoms with E-state index in [4.69, 9.17) is 0 Å². The third-order valence-electron chi connectivity index (χ3n) is 4.58. The second-order valence-electron chi connectivity index (χ2n) is 6.56. The Bertz CT molecular complexity index is 800. The van der Waals surface area contributed by atoms with Crippen LogP contribution in [-0.4, -0.2) is 48.9 Å². The van der Waals surface area contributed by atoms with Gasteiger partial charge >= 0.3 is 0 Å². The van der Waals surface area contributed by atoms with Crippen molar-refractivity contribution in [3.05, 3.63) is 71.0 Å². The number of carbonyl (C=O) groups excluding carboxylic acids is 1. The van der Waals surface area contributed by atoms with Crippen LogP contribution in [0.5, 0.6) is 0 Å². The van der Waals surface area contributed by atoms with E-state index in [0.29, 0.717) is 37.7 Å². The number of rotatable bonds is 7. The zero-order chi connectivity index (χ0) is 20.5. The molecule has 0 fully saturated rings. The second kappa shape index (κ2) is 10.4. The third-order valence-corrected chi connectivity index (χ3v) is 4.58. The van der Waals surface area contributed by atoms with Gasteiger partial charge in [0.25, 0.3) is 5.91 Å². The molecule has 0 aliphatic carbocycles. The molecule has 0 aliphatic rings. The molecule has 0 radical (unpaired) electrons. The lowest BCUT2D eigenvalue weighted by molar-refractivity contribution is 0.0773. The second-order valence-corrected chi connectivity index (χ2v) is 6.56. The van der Waals surface area contributed by atoms with Crippen LogP contribution in [0.2, 0.25) is 0 Å². The van der Waals surface area contributed by atoms with Crippen LogP contribution in [0.15, 0.2) is 53.5 Å². The molecule has 0 heterocycles. The number of nitrogens with one attached hydrogen (secondary N) is 1. The van der Waals surface area contributed by atoms with Crippen LogP contribution < -0.4 is 5.32 Å². The van der Waals surface area contributed by atoms with Gasteiger partial charge in [0.1, 0.15) is 5.82 Å². The van der Waals surface area contributed by atoms with Gasteiger partial charge < -0.3 is 15.1 Å². The van der Waals surface area contributed by atoms with Crippen molar-refractivity contribution in [1.29, 1.82) is 0 Å². The summed E-state index contributed by atoms with van der Waals surface area (Å²) in [6.07, 6.45) is 0. The summed E-state index contributed by atoms with van der Waals surface area (Å²) >= 11 is 0. The first-order chi connectivity index (χ1) is 13.5. The van der Waals surface area contributed by atoms with E-state index < -0.39 is 0 Å². The Labute approximate surface area is 166 Å². The van der Waals surface area contributed by atoms with Crippen molar-refractivity contribution >= 4 is 11.9 Å². The minimum Gasteiger partial charge on any atom is -0.352 e. The fourth-order valence-corrected chi connectivity index (χ4v) is 3.01. The third kappa shape index (κ3) is 5.81. The van der Waals surface area contributed by atoms with Crippen LogP contribution in [0.3, 0.4) is 0 Å². The average molecular weight is 384 g/mol. The largest absolute Gasteiger partial charge is 0.352 e. The Hall–Kier alpha value is -2.89. The number of nitrogens with zero attached hydrogens (tertiary/aromatic N) is 3. The van der Waals surface area contributed by atoms with Crippen LogP contribution in [0, 0.1) is 5.82 Å². The molecule has 2 aromatic carbocycles. The van der Waals surface area contributed by atoms with E-state index in [1.54, 1.807) is 18.0 Å². The predicted molar refractivity (Wildman–Crippen MR) is 112 cm³/mol. The summed E-state index contributed by atoms with van der Waals surface area (Å²) < 4.78 is 13.4. The smallest absolute Gasteiger partial charge is 0.253 e. The lowest BCUT2D eigenvalue weighted by Crippen LogP contribution is -2.38. The molecule has 0 saturated carbocycles. The Morgan fingerprint density at radius 2 is 1.75 bits per heavy atom. The number of amides is 1. The standard InChI is InChI=1S/C22H29FN4O/c1-5-27(6-2)21(28)19-12-10-17(11-13-19)15-25-22(24-3)26(4)16-18-8-7-9-20(23)14-18/h7-14H,5-6,15-16H2,1-4H3,(H,24,25). The number of hydrogen-bond donors (Lipinski definition) is 1. The first kappa shape index (κ1) is 21.4. The van der Waals surface area contributed by atoms with Crippen molar-refractivity contribution in [3.8, 4) is 0 Å². The molecule has 2 aromatic rings. The van der Waals surface area contributed by atoms with E-state index in [-0.39, 0.29) is 11.7 Å². The summed E-state index contributed by atoms with van der Waals surface area (Å²) in [5.41, 5.74) is 2.63. The Morgan fingerprint density at radius 1 is 1.07 bits per heavy atom. The number of aliphatic imine (C=N–C) groups is 1. The summed E-state index contributed by atoms with van der Waals surface area (Å²) in [7, 11) is 3.63. The maximum Gasteiger partial charge on any atom is 0.253 e. The molecule has 150 valence electrons. The maximum atomic E-state index is 13.4. The van der Waals surface area contributed by atoms with E-state index in [2.05, 4.69) is 10.3 Å². The highest BCUT2D eigenvalue weighted by atomic mass is 19.1. The van der Waals surface area contributed by atoms with E-state index in [1.807, 2.05) is 56.1 Å². The molecule has 0 saturated heterocycles. The van der Waals surface area contributed by atoms with E-state index >= 15 is 0 Å². The highest BCUT2D eigenvalue weighted by Gasteiger charge is 2.12. The summed E-state index contributed by atoms with van der Waals surface area (Å²) in [5.74, 6) is 0.524. The van der Waals surface area contributed by atoms with Crippen molar-refractivity contribution < 1.29 is 9.18 Å². The Kier molecular flexibility index (Phi) is 7.99. The number of hydrogen-bond acceptors (Lipinski definition) is 2. The van der Waals surface area contributed by atoms with Crippen molar-refractivity contribution in [2.24, 2.45) is 4.99 Å². The van der Waals surface area contributed by atoms with Gasteiger partial charge in [-0.1, -0.05) is 24.3 Å². The SMILES string of the molecule is CCN(CC)C(=O)c1ccc(CNC(=NC)N(C)Cc2cccc(F)c2)cc1. The van der Waals surface area contributed by atoms with Gasteiger partial charge in [0.15, 0.2) is 5.96 Å². The van der Waals surface area contributed by atoms with E-state index in [1.165, 1.54) is 12.1 Å². The van der Waals surface area contributed by atoms with Gasteiger partial charge in [0.2, 0.25) is 0 Å². The summed E-state index contributed by atoms with van der Waals surface area (Å²) in [4.78, 5) is 20.4. The fourth-order valence-electron chi connectivity index (χ4n) is 3.01. The van der Waals surface area contributed by atoms with Crippen LogP contribution in [0.1, 0.15) is 35.3 Å². The Balaban J connectivity index is 1.95. The summed E-state index contributed by atoms with van der Waals surface area (Å²) in [6.45, 7) is 6.49. The lowest BCUT2D eigenvalue weighted by atomic mass is 10.1. The van der Waals surface area contributed by atoms with Gasteiger partial charge in [0.05, 0.1) is 0 Å². The normalized spacial score (nSPS) is 11.2. The van der Waals surface area contributed by atoms with Crippen molar-refractivity contribution in [2.45, 2.75) is 26.9 Å². The molecule has 0 unspecified atom stereocenters. The zero-order valence-corrected chi connectivity index (χ0v) is 17.1. The number of guanidine groups is 1. The molecule has 6 heteroatoms. The molecule has 5 nitrogen and oxygen atoms in total. The molecule has 0 spiro atoms. The van der Waals surface area contributed by atoms with Gasteiger partial charge in [-0.2, -0.15) is 0 Å². The minimum atomic E-state index is -0.242. The molecule has 2 rings (SSSR count). The molecule has 28 heavy (non-hydrogen) atoms. The van der Waals surface area contributed by atoms with Gasteiger partial charge in [-0.25, -0.2) is 4.39 Å². The summed E-state index contributed by atoms with van der Waals surface area (Å²) in [5, 5.41) is 3.30. The first-order valence-corrected chi connectivity index (χ1v) is 9.52. The topological polar surface area (TPSA) is 47.9 Å². The maximum absolute atomic E-state index is 13.4. The monoisotopic (exact) mass is 384 g/mol. The first-order valence-electron chi connectivity index (χ1n) is 9.52. The minimum absolute atomic E-state index is 0.0511. The quantitative estimate of drug-likeness (QED) is 0.587. The van der Waals surface area contributed by atoms with Gasteiger partial charge in [0, 0.05) is 45.8 Å². The van der Waals surface area contributed by atoms with Crippen molar-refractivity contribution in [3.63, 3.8) is 0 Å². The number of carbonyl (C=O) groups is 1. The van der Waals surface area contributed by atoms with Crippen molar-refractivity contribution in [2.75, 3.05) is 27.2 Å². The molecule has 1 N–H and O–H groups in total. The molecule has 0 aromatic heterocycles.